The highest BCUT2D eigenvalue weighted by Gasteiger charge is 2.37. The molecule has 0 saturated heterocycles. The molecule has 1 aliphatic rings. The number of amides is 1. The van der Waals surface area contributed by atoms with Crippen molar-refractivity contribution in [2.75, 3.05) is 0 Å². The van der Waals surface area contributed by atoms with Gasteiger partial charge in [0.15, 0.2) is 0 Å². The summed E-state index contributed by atoms with van der Waals surface area (Å²) in [7, 11) is 0. The number of hydrogen-bond acceptors (Lipinski definition) is 3. The molecule has 2 unspecified atom stereocenters. The summed E-state index contributed by atoms with van der Waals surface area (Å²) in [6, 6.07) is 3.79. The minimum absolute atomic E-state index is 0.0223. The van der Waals surface area contributed by atoms with Gasteiger partial charge in [-0.25, -0.2) is 0 Å². The van der Waals surface area contributed by atoms with Crippen LogP contribution in [0, 0.1) is 5.92 Å². The summed E-state index contributed by atoms with van der Waals surface area (Å²) in [6.45, 7) is 2.69. The maximum absolute atomic E-state index is 12.2. The highest BCUT2D eigenvalue weighted by Crippen LogP contribution is 2.30. The summed E-state index contributed by atoms with van der Waals surface area (Å²) >= 11 is 0. The van der Waals surface area contributed by atoms with Crippen LogP contribution >= 0.6 is 0 Å². The Balaban J connectivity index is 1.91. The average molecular weight is 247 g/mol. The molecular weight excluding hydrogens is 226 g/mol. The van der Waals surface area contributed by atoms with Gasteiger partial charge in [-0.05, 0) is 36.5 Å². The van der Waals surface area contributed by atoms with Crippen LogP contribution in [0.4, 0.5) is 0 Å². The first-order chi connectivity index (χ1) is 8.60. The van der Waals surface area contributed by atoms with Gasteiger partial charge >= 0.3 is 0 Å². The zero-order chi connectivity index (χ0) is 13.0. The van der Waals surface area contributed by atoms with Crippen molar-refractivity contribution < 1.29 is 4.79 Å². The van der Waals surface area contributed by atoms with E-state index in [1.54, 1.807) is 12.4 Å². The van der Waals surface area contributed by atoms with Gasteiger partial charge in [-0.15, -0.1) is 0 Å². The van der Waals surface area contributed by atoms with Crippen LogP contribution in [0.15, 0.2) is 24.5 Å². The van der Waals surface area contributed by atoms with Crippen molar-refractivity contribution in [1.82, 2.24) is 10.3 Å². The number of hydrogen-bond donors (Lipinski definition) is 2. The molecule has 0 bridgehead atoms. The first kappa shape index (κ1) is 13.0. The van der Waals surface area contributed by atoms with Gasteiger partial charge in [0.1, 0.15) is 0 Å². The van der Waals surface area contributed by atoms with E-state index in [1.165, 1.54) is 6.42 Å². The van der Waals surface area contributed by atoms with Crippen LogP contribution in [0.5, 0.6) is 0 Å². The van der Waals surface area contributed by atoms with Crippen LogP contribution in [0.1, 0.15) is 38.2 Å². The summed E-state index contributed by atoms with van der Waals surface area (Å²) in [5, 5.41) is 2.94. The molecule has 3 N–H and O–H groups in total. The van der Waals surface area contributed by atoms with Gasteiger partial charge in [0.05, 0.1) is 5.54 Å². The fraction of sp³-hybridized carbons (Fsp3) is 0.571. The number of carbonyl (C=O) groups excluding carboxylic acids is 1. The molecule has 2 atom stereocenters. The Kier molecular flexibility index (Phi) is 3.97. The maximum atomic E-state index is 12.2. The van der Waals surface area contributed by atoms with E-state index >= 15 is 0 Å². The third kappa shape index (κ3) is 3.07. The fourth-order valence-corrected chi connectivity index (χ4v) is 2.66. The number of pyridine rings is 1. The van der Waals surface area contributed by atoms with E-state index < -0.39 is 5.54 Å². The lowest BCUT2D eigenvalue weighted by Gasteiger charge is -2.35. The Labute approximate surface area is 108 Å². The van der Waals surface area contributed by atoms with Crippen LogP contribution in [0.2, 0.25) is 0 Å². The molecule has 1 amide bonds. The van der Waals surface area contributed by atoms with E-state index in [0.717, 1.165) is 24.8 Å². The number of nitrogens with zero attached hydrogens (tertiary/aromatic N) is 1. The fourth-order valence-electron chi connectivity index (χ4n) is 2.66. The molecule has 2 rings (SSSR count). The second-order valence-electron chi connectivity index (χ2n) is 5.40. The Bertz CT molecular complexity index is 407. The topological polar surface area (TPSA) is 68.0 Å². The molecule has 1 saturated carbocycles. The predicted octanol–water partition coefficient (Wildman–Crippen LogP) is 1.61. The van der Waals surface area contributed by atoms with Gasteiger partial charge in [-0.3, -0.25) is 9.78 Å². The van der Waals surface area contributed by atoms with E-state index in [9.17, 15) is 4.79 Å². The van der Waals surface area contributed by atoms with E-state index in [-0.39, 0.29) is 5.91 Å². The summed E-state index contributed by atoms with van der Waals surface area (Å²) in [4.78, 5) is 16.1. The molecule has 0 aromatic carbocycles. The van der Waals surface area contributed by atoms with Gasteiger partial charge in [-0.2, -0.15) is 0 Å². The van der Waals surface area contributed by atoms with Crippen molar-refractivity contribution in [2.24, 2.45) is 11.7 Å². The molecule has 0 radical (unpaired) electrons. The summed E-state index contributed by atoms with van der Waals surface area (Å²) in [6.07, 6.45) is 7.25. The van der Waals surface area contributed by atoms with Crippen LogP contribution in [0.3, 0.4) is 0 Å². The molecule has 4 heteroatoms. The minimum Gasteiger partial charge on any atom is -0.350 e. The lowest BCUT2D eigenvalue weighted by Crippen LogP contribution is -2.56. The number of nitrogens with one attached hydrogen (secondary N) is 1. The number of carbonyl (C=O) groups is 1. The molecule has 1 aliphatic carbocycles. The zero-order valence-electron chi connectivity index (χ0n) is 10.9. The Morgan fingerprint density at radius 3 is 2.94 bits per heavy atom. The lowest BCUT2D eigenvalue weighted by molar-refractivity contribution is -0.128. The first-order valence-corrected chi connectivity index (χ1v) is 6.56. The standard InChI is InChI=1S/C14H21N3O/c1-11-3-2-6-14(15,9-11)13(18)17-10-12-4-7-16-8-5-12/h4-5,7-8,11H,2-3,6,9-10,15H2,1H3,(H,17,18). The van der Waals surface area contributed by atoms with Crippen molar-refractivity contribution in [3.8, 4) is 0 Å². The van der Waals surface area contributed by atoms with E-state index in [2.05, 4.69) is 17.2 Å². The Hall–Kier alpha value is -1.42. The van der Waals surface area contributed by atoms with E-state index in [4.69, 9.17) is 5.73 Å². The molecule has 4 nitrogen and oxygen atoms in total. The minimum atomic E-state index is -0.676. The van der Waals surface area contributed by atoms with Crippen LogP contribution in [0.25, 0.3) is 0 Å². The van der Waals surface area contributed by atoms with Crippen molar-refractivity contribution in [3.63, 3.8) is 0 Å². The molecule has 98 valence electrons. The SMILES string of the molecule is CC1CCCC(N)(C(=O)NCc2ccncc2)C1. The van der Waals surface area contributed by atoms with Crippen molar-refractivity contribution in [1.29, 1.82) is 0 Å². The third-order valence-electron chi connectivity index (χ3n) is 3.69. The van der Waals surface area contributed by atoms with Gasteiger partial charge in [0.25, 0.3) is 0 Å². The van der Waals surface area contributed by atoms with Gasteiger partial charge in [-0.1, -0.05) is 19.8 Å². The lowest BCUT2D eigenvalue weighted by atomic mass is 9.76. The largest absolute Gasteiger partial charge is 0.350 e. The summed E-state index contributed by atoms with van der Waals surface area (Å²) in [5.41, 5.74) is 6.60. The smallest absolute Gasteiger partial charge is 0.240 e. The summed E-state index contributed by atoms with van der Waals surface area (Å²) in [5.74, 6) is 0.515. The van der Waals surface area contributed by atoms with Crippen molar-refractivity contribution in [2.45, 2.75) is 44.7 Å². The van der Waals surface area contributed by atoms with Gasteiger partial charge in [0, 0.05) is 18.9 Å². The van der Waals surface area contributed by atoms with Crippen molar-refractivity contribution >= 4 is 5.91 Å². The maximum Gasteiger partial charge on any atom is 0.240 e. The molecule has 1 aromatic rings. The highest BCUT2D eigenvalue weighted by atomic mass is 16.2. The molecular formula is C14H21N3O. The second-order valence-corrected chi connectivity index (χ2v) is 5.40. The number of aromatic nitrogens is 1. The van der Waals surface area contributed by atoms with Crippen LogP contribution < -0.4 is 11.1 Å². The monoisotopic (exact) mass is 247 g/mol. The molecule has 0 spiro atoms. The number of nitrogens with two attached hydrogens (primary N) is 1. The van der Waals surface area contributed by atoms with Crippen LogP contribution in [-0.2, 0) is 11.3 Å². The quantitative estimate of drug-likeness (QED) is 0.852. The van der Waals surface area contributed by atoms with Crippen molar-refractivity contribution in [3.05, 3.63) is 30.1 Å². The molecule has 1 fully saturated rings. The third-order valence-corrected chi connectivity index (χ3v) is 3.69. The van der Waals surface area contributed by atoms with Gasteiger partial charge in [0.2, 0.25) is 5.91 Å². The average Bonchev–Trinajstić information content (AvgIpc) is 2.37. The Morgan fingerprint density at radius 2 is 2.28 bits per heavy atom. The van der Waals surface area contributed by atoms with Crippen LogP contribution in [-0.4, -0.2) is 16.4 Å². The van der Waals surface area contributed by atoms with E-state index in [1.807, 2.05) is 12.1 Å². The predicted molar refractivity (Wildman–Crippen MR) is 70.6 cm³/mol. The second kappa shape index (κ2) is 5.48. The zero-order valence-corrected chi connectivity index (χ0v) is 10.9. The molecule has 1 aromatic heterocycles. The van der Waals surface area contributed by atoms with E-state index in [0.29, 0.717) is 12.5 Å². The van der Waals surface area contributed by atoms with Gasteiger partial charge < -0.3 is 11.1 Å². The first-order valence-electron chi connectivity index (χ1n) is 6.56. The molecule has 18 heavy (non-hydrogen) atoms. The highest BCUT2D eigenvalue weighted by molar-refractivity contribution is 5.86. The molecule has 1 heterocycles. The normalized spacial score (nSPS) is 27.8. The number of rotatable bonds is 3. The Morgan fingerprint density at radius 1 is 1.56 bits per heavy atom. The molecule has 0 aliphatic heterocycles. The summed E-state index contributed by atoms with van der Waals surface area (Å²) < 4.78 is 0.